The maximum atomic E-state index is 12.5. The van der Waals surface area contributed by atoms with Crippen LogP contribution in [-0.2, 0) is 17.7 Å². The van der Waals surface area contributed by atoms with Gasteiger partial charge in [0.15, 0.2) is 0 Å². The van der Waals surface area contributed by atoms with Crippen LogP contribution in [0.15, 0.2) is 36.5 Å². The van der Waals surface area contributed by atoms with Gasteiger partial charge in [0.25, 0.3) is 5.91 Å². The lowest BCUT2D eigenvalue weighted by Gasteiger charge is -2.12. The van der Waals surface area contributed by atoms with Crippen LogP contribution in [0.4, 0.5) is 0 Å². The lowest BCUT2D eigenvalue weighted by molar-refractivity contribution is 0.0857. The number of nitrogens with one attached hydrogen (secondary N) is 1. The Bertz CT molecular complexity index is 661. The number of aromatic nitrogens is 2. The van der Waals surface area contributed by atoms with Crippen LogP contribution < -0.4 is 5.32 Å². The van der Waals surface area contributed by atoms with Crippen LogP contribution in [-0.4, -0.2) is 34.9 Å². The third-order valence-electron chi connectivity index (χ3n) is 4.37. The molecule has 0 radical (unpaired) electrons. The number of amides is 1. The maximum absolute atomic E-state index is 12.5. The minimum absolute atomic E-state index is 0.0479. The molecular weight excluding hydrogens is 302 g/mol. The zero-order valence-electron chi connectivity index (χ0n) is 14.2. The number of rotatable bonds is 7. The summed E-state index contributed by atoms with van der Waals surface area (Å²) in [5.74, 6) is -0.0479. The van der Waals surface area contributed by atoms with E-state index in [9.17, 15) is 4.79 Å². The van der Waals surface area contributed by atoms with Gasteiger partial charge in [0.05, 0.1) is 30.1 Å². The van der Waals surface area contributed by atoms with Gasteiger partial charge in [-0.05, 0) is 24.8 Å². The summed E-state index contributed by atoms with van der Waals surface area (Å²) in [6, 6.07) is 10.2. The summed E-state index contributed by atoms with van der Waals surface area (Å²) in [5, 5.41) is 7.46. The number of ether oxygens (including phenoxy) is 1. The van der Waals surface area contributed by atoms with E-state index in [-0.39, 0.29) is 12.0 Å². The molecule has 1 unspecified atom stereocenters. The SMILES string of the molecule is CCCc1c(C(=O)NCC2CCCO2)cnn1Cc1ccccc1. The summed E-state index contributed by atoms with van der Waals surface area (Å²) >= 11 is 0. The highest BCUT2D eigenvalue weighted by molar-refractivity contribution is 5.95. The summed E-state index contributed by atoms with van der Waals surface area (Å²) in [4.78, 5) is 12.5. The Morgan fingerprint density at radius 1 is 1.38 bits per heavy atom. The summed E-state index contributed by atoms with van der Waals surface area (Å²) < 4.78 is 7.51. The van der Waals surface area contributed by atoms with Crippen LogP contribution >= 0.6 is 0 Å². The lowest BCUT2D eigenvalue weighted by atomic mass is 10.1. The molecule has 0 saturated carbocycles. The first kappa shape index (κ1) is 16.7. The first-order valence-corrected chi connectivity index (χ1v) is 8.76. The second-order valence-electron chi connectivity index (χ2n) is 6.24. The molecule has 1 aliphatic heterocycles. The number of benzene rings is 1. The van der Waals surface area contributed by atoms with E-state index in [1.54, 1.807) is 6.20 Å². The van der Waals surface area contributed by atoms with E-state index in [0.717, 1.165) is 38.0 Å². The van der Waals surface area contributed by atoms with Gasteiger partial charge in [0, 0.05) is 13.2 Å². The number of carbonyl (C=O) groups is 1. The number of hydrogen-bond donors (Lipinski definition) is 1. The molecule has 1 amide bonds. The summed E-state index contributed by atoms with van der Waals surface area (Å²) in [6.07, 6.45) is 5.77. The van der Waals surface area contributed by atoms with Crippen molar-refractivity contribution >= 4 is 5.91 Å². The Morgan fingerprint density at radius 3 is 2.92 bits per heavy atom. The van der Waals surface area contributed by atoms with Crippen LogP contribution in [0.3, 0.4) is 0 Å². The Balaban J connectivity index is 1.71. The number of hydrogen-bond acceptors (Lipinski definition) is 3. The first-order valence-electron chi connectivity index (χ1n) is 8.76. The minimum Gasteiger partial charge on any atom is -0.376 e. The molecule has 0 bridgehead atoms. The Morgan fingerprint density at radius 2 is 2.21 bits per heavy atom. The van der Waals surface area contributed by atoms with Crippen molar-refractivity contribution in [2.45, 2.75) is 45.3 Å². The largest absolute Gasteiger partial charge is 0.376 e. The summed E-state index contributed by atoms with van der Waals surface area (Å²) in [7, 11) is 0. The van der Waals surface area contributed by atoms with E-state index in [2.05, 4.69) is 29.5 Å². The number of nitrogens with zero attached hydrogens (tertiary/aromatic N) is 2. The van der Waals surface area contributed by atoms with Crippen molar-refractivity contribution < 1.29 is 9.53 Å². The topological polar surface area (TPSA) is 56.1 Å². The molecule has 24 heavy (non-hydrogen) atoms. The van der Waals surface area contributed by atoms with Gasteiger partial charge in [-0.25, -0.2) is 0 Å². The van der Waals surface area contributed by atoms with Gasteiger partial charge in [-0.2, -0.15) is 5.10 Å². The van der Waals surface area contributed by atoms with Gasteiger partial charge in [-0.3, -0.25) is 9.48 Å². The molecule has 5 nitrogen and oxygen atoms in total. The molecule has 1 aromatic carbocycles. The molecule has 5 heteroatoms. The zero-order valence-corrected chi connectivity index (χ0v) is 14.2. The number of carbonyl (C=O) groups excluding carboxylic acids is 1. The highest BCUT2D eigenvalue weighted by Gasteiger charge is 2.20. The predicted octanol–water partition coefficient (Wildman–Crippen LogP) is 2.79. The Labute approximate surface area is 143 Å². The van der Waals surface area contributed by atoms with Gasteiger partial charge in [-0.1, -0.05) is 43.7 Å². The molecule has 1 N–H and O–H groups in total. The molecule has 0 aliphatic carbocycles. The first-order chi connectivity index (χ1) is 11.8. The summed E-state index contributed by atoms with van der Waals surface area (Å²) in [5.41, 5.74) is 2.88. The fourth-order valence-corrected chi connectivity index (χ4v) is 3.10. The lowest BCUT2D eigenvalue weighted by Crippen LogP contribution is -2.32. The van der Waals surface area contributed by atoms with Gasteiger partial charge in [0.2, 0.25) is 0 Å². The molecule has 1 aromatic heterocycles. The van der Waals surface area contributed by atoms with Crippen LogP contribution in [0.5, 0.6) is 0 Å². The Kier molecular flexibility index (Phi) is 5.64. The molecule has 2 aromatic rings. The molecular formula is C19H25N3O2. The molecule has 1 fully saturated rings. The fourth-order valence-electron chi connectivity index (χ4n) is 3.10. The minimum atomic E-state index is -0.0479. The molecule has 3 rings (SSSR count). The van der Waals surface area contributed by atoms with Crippen molar-refractivity contribution in [3.8, 4) is 0 Å². The van der Waals surface area contributed by atoms with E-state index >= 15 is 0 Å². The van der Waals surface area contributed by atoms with E-state index < -0.39 is 0 Å². The van der Waals surface area contributed by atoms with Gasteiger partial charge < -0.3 is 10.1 Å². The van der Waals surface area contributed by atoms with Crippen LogP contribution in [0.2, 0.25) is 0 Å². The fraction of sp³-hybridized carbons (Fsp3) is 0.474. The molecule has 0 spiro atoms. The van der Waals surface area contributed by atoms with Gasteiger partial charge >= 0.3 is 0 Å². The predicted molar refractivity (Wildman–Crippen MR) is 93.1 cm³/mol. The summed E-state index contributed by atoms with van der Waals surface area (Å²) in [6.45, 7) is 4.19. The van der Waals surface area contributed by atoms with Crippen molar-refractivity contribution in [2.75, 3.05) is 13.2 Å². The average molecular weight is 327 g/mol. The van der Waals surface area contributed by atoms with Gasteiger partial charge in [0.1, 0.15) is 0 Å². The van der Waals surface area contributed by atoms with E-state index in [0.29, 0.717) is 18.7 Å². The van der Waals surface area contributed by atoms with Crippen molar-refractivity contribution in [1.29, 1.82) is 0 Å². The van der Waals surface area contributed by atoms with Crippen LogP contribution in [0, 0.1) is 0 Å². The smallest absolute Gasteiger partial charge is 0.254 e. The third kappa shape index (κ3) is 4.03. The normalized spacial score (nSPS) is 17.1. The van der Waals surface area contributed by atoms with Crippen LogP contribution in [0.25, 0.3) is 0 Å². The molecule has 1 aliphatic rings. The van der Waals surface area contributed by atoms with E-state index in [4.69, 9.17) is 4.74 Å². The second kappa shape index (κ2) is 8.11. The third-order valence-corrected chi connectivity index (χ3v) is 4.37. The highest BCUT2D eigenvalue weighted by atomic mass is 16.5. The van der Waals surface area contributed by atoms with E-state index in [1.807, 2.05) is 22.9 Å². The van der Waals surface area contributed by atoms with Crippen molar-refractivity contribution in [3.63, 3.8) is 0 Å². The second-order valence-corrected chi connectivity index (χ2v) is 6.24. The maximum Gasteiger partial charge on any atom is 0.254 e. The average Bonchev–Trinajstić information content (AvgIpc) is 3.25. The molecule has 1 saturated heterocycles. The molecule has 128 valence electrons. The van der Waals surface area contributed by atoms with Crippen molar-refractivity contribution in [3.05, 3.63) is 53.3 Å². The van der Waals surface area contributed by atoms with Gasteiger partial charge in [-0.15, -0.1) is 0 Å². The van der Waals surface area contributed by atoms with Crippen molar-refractivity contribution in [1.82, 2.24) is 15.1 Å². The van der Waals surface area contributed by atoms with Crippen molar-refractivity contribution in [2.24, 2.45) is 0 Å². The standard InChI is InChI=1S/C19H25N3O2/c1-2-7-18-17(19(23)20-12-16-10-6-11-24-16)13-21-22(18)14-15-8-4-3-5-9-15/h3-5,8-9,13,16H,2,6-7,10-12,14H2,1H3,(H,20,23). The molecule has 2 heterocycles. The van der Waals surface area contributed by atoms with Crippen LogP contribution in [0.1, 0.15) is 47.8 Å². The Hall–Kier alpha value is -2.14. The van der Waals surface area contributed by atoms with E-state index in [1.165, 1.54) is 5.56 Å². The zero-order chi connectivity index (χ0) is 16.8. The quantitative estimate of drug-likeness (QED) is 0.851. The monoisotopic (exact) mass is 327 g/mol. The molecule has 1 atom stereocenters. The highest BCUT2D eigenvalue weighted by Crippen LogP contribution is 2.15.